The summed E-state index contributed by atoms with van der Waals surface area (Å²) in [5, 5.41) is 4.43. The molecule has 0 saturated heterocycles. The summed E-state index contributed by atoms with van der Waals surface area (Å²) >= 11 is 0. The first-order valence-corrected chi connectivity index (χ1v) is 8.00. The number of allylic oxidation sites excluding steroid dienone is 2. The summed E-state index contributed by atoms with van der Waals surface area (Å²) in [6.45, 7) is 8.96. The van der Waals surface area contributed by atoms with Gasteiger partial charge in [0, 0.05) is 24.2 Å². The minimum atomic E-state index is 0.667. The number of aromatic nitrogens is 4. The normalized spacial score (nSPS) is 11.6. The third-order valence-electron chi connectivity index (χ3n) is 3.80. The van der Waals surface area contributed by atoms with Crippen molar-refractivity contribution in [3.8, 4) is 0 Å². The van der Waals surface area contributed by atoms with E-state index < -0.39 is 0 Å². The molecule has 4 heteroatoms. The molecule has 0 bridgehead atoms. The molecule has 0 radical (unpaired) electrons. The van der Waals surface area contributed by atoms with E-state index in [1.807, 2.05) is 36.1 Å². The Kier molecular flexibility index (Phi) is 4.42. The third kappa shape index (κ3) is 3.42. The number of imidazole rings is 1. The Labute approximate surface area is 136 Å². The van der Waals surface area contributed by atoms with Crippen molar-refractivity contribution < 1.29 is 0 Å². The number of pyridine rings is 1. The first kappa shape index (κ1) is 15.3. The maximum atomic E-state index is 4.66. The van der Waals surface area contributed by atoms with E-state index in [9.17, 15) is 0 Å². The predicted molar refractivity (Wildman–Crippen MR) is 95.2 cm³/mol. The van der Waals surface area contributed by atoms with Gasteiger partial charge in [0.15, 0.2) is 0 Å². The van der Waals surface area contributed by atoms with Crippen LogP contribution in [0.1, 0.15) is 43.5 Å². The molecule has 23 heavy (non-hydrogen) atoms. The maximum Gasteiger partial charge on any atom is 0.137 e. The lowest BCUT2D eigenvalue weighted by molar-refractivity contribution is 0.676. The van der Waals surface area contributed by atoms with E-state index in [4.69, 9.17) is 0 Å². The molecular weight excluding hydrogens is 284 g/mol. The van der Waals surface area contributed by atoms with Crippen LogP contribution in [0.2, 0.25) is 0 Å². The van der Waals surface area contributed by atoms with Gasteiger partial charge in [-0.3, -0.25) is 4.68 Å². The molecule has 0 aliphatic heterocycles. The summed E-state index contributed by atoms with van der Waals surface area (Å²) in [7, 11) is 0. The Morgan fingerprint density at radius 3 is 2.91 bits per heavy atom. The molecule has 0 aromatic carbocycles. The van der Waals surface area contributed by atoms with E-state index in [1.165, 1.54) is 5.56 Å². The molecule has 4 nitrogen and oxygen atoms in total. The lowest BCUT2D eigenvalue weighted by Crippen LogP contribution is -1.99. The van der Waals surface area contributed by atoms with Crippen LogP contribution in [-0.4, -0.2) is 19.2 Å². The molecule has 3 aromatic rings. The largest absolute Gasteiger partial charge is 0.306 e. The molecule has 118 valence electrons. The minimum absolute atomic E-state index is 0.667. The second-order valence-electron chi connectivity index (χ2n) is 5.74. The van der Waals surface area contributed by atoms with Crippen LogP contribution in [0.15, 0.2) is 49.6 Å². The topological polar surface area (TPSA) is 35.1 Å². The molecule has 0 spiro atoms. The number of nitrogens with zero attached hydrogens (tertiary/aromatic N) is 4. The molecular formula is C19H22N4. The zero-order chi connectivity index (χ0) is 16.2. The van der Waals surface area contributed by atoms with Crippen molar-refractivity contribution in [2.24, 2.45) is 0 Å². The Bertz CT molecular complexity index is 851. The van der Waals surface area contributed by atoms with Crippen LogP contribution in [0.4, 0.5) is 0 Å². The van der Waals surface area contributed by atoms with Gasteiger partial charge in [0.05, 0.1) is 18.4 Å². The number of rotatable bonds is 6. The summed E-state index contributed by atoms with van der Waals surface area (Å²) in [5.74, 6) is 0. The molecule has 0 aliphatic rings. The summed E-state index contributed by atoms with van der Waals surface area (Å²) in [4.78, 5) is 4.66. The molecule has 0 N–H and O–H groups in total. The highest BCUT2D eigenvalue weighted by atomic mass is 15.3. The average Bonchev–Trinajstić information content (AvgIpc) is 3.14. The van der Waals surface area contributed by atoms with E-state index in [0.717, 1.165) is 35.3 Å². The lowest BCUT2D eigenvalue weighted by Gasteiger charge is -1.99. The van der Waals surface area contributed by atoms with E-state index in [0.29, 0.717) is 6.54 Å². The van der Waals surface area contributed by atoms with E-state index in [2.05, 4.69) is 52.5 Å². The van der Waals surface area contributed by atoms with Crippen LogP contribution >= 0.6 is 0 Å². The van der Waals surface area contributed by atoms with Crippen molar-refractivity contribution in [3.05, 3.63) is 66.4 Å². The fourth-order valence-corrected chi connectivity index (χ4v) is 2.67. The zero-order valence-electron chi connectivity index (χ0n) is 13.7. The van der Waals surface area contributed by atoms with Crippen molar-refractivity contribution in [2.75, 3.05) is 0 Å². The van der Waals surface area contributed by atoms with Crippen LogP contribution in [0, 0.1) is 0 Å². The summed E-state index contributed by atoms with van der Waals surface area (Å²) in [6, 6.07) is 4.11. The molecule has 0 atom stereocenters. The Morgan fingerprint density at radius 2 is 2.13 bits per heavy atom. The molecule has 0 fully saturated rings. The highest BCUT2D eigenvalue weighted by Gasteiger charge is 2.06. The lowest BCUT2D eigenvalue weighted by atomic mass is 10.1. The van der Waals surface area contributed by atoms with Crippen molar-refractivity contribution in [3.63, 3.8) is 0 Å². The second-order valence-corrected chi connectivity index (χ2v) is 5.74. The first-order valence-electron chi connectivity index (χ1n) is 8.00. The Balaban J connectivity index is 1.80. The maximum absolute atomic E-state index is 4.66. The van der Waals surface area contributed by atoms with Gasteiger partial charge in [-0.15, -0.1) is 0 Å². The zero-order valence-corrected chi connectivity index (χ0v) is 13.7. The van der Waals surface area contributed by atoms with Crippen molar-refractivity contribution in [2.45, 2.75) is 33.2 Å². The van der Waals surface area contributed by atoms with E-state index >= 15 is 0 Å². The fraction of sp³-hybridized carbons (Fsp3) is 0.263. The van der Waals surface area contributed by atoms with Crippen molar-refractivity contribution in [1.82, 2.24) is 19.2 Å². The van der Waals surface area contributed by atoms with Crippen LogP contribution in [-0.2, 0) is 6.54 Å². The molecule has 3 aromatic heterocycles. The van der Waals surface area contributed by atoms with Gasteiger partial charge < -0.3 is 4.40 Å². The van der Waals surface area contributed by atoms with Crippen LogP contribution < -0.4 is 0 Å². The van der Waals surface area contributed by atoms with Crippen molar-refractivity contribution >= 4 is 17.3 Å². The molecule has 0 amide bonds. The summed E-state index contributed by atoms with van der Waals surface area (Å²) in [6.07, 6.45) is 14.3. The monoisotopic (exact) mass is 306 g/mol. The summed E-state index contributed by atoms with van der Waals surface area (Å²) in [5.41, 5.74) is 5.38. The van der Waals surface area contributed by atoms with Gasteiger partial charge >= 0.3 is 0 Å². The fourth-order valence-electron chi connectivity index (χ4n) is 2.67. The van der Waals surface area contributed by atoms with Gasteiger partial charge in [0.1, 0.15) is 5.65 Å². The standard InChI is InChI=1S/C19H22N4/c1-4-6-15(3)17-10-20-23(12-17)14-18-13-22-11-16(7-5-2)8-9-19(22)21-18/h5,7-13H,3-4,6,14H2,1-2H3/b7-5-. The molecule has 0 aliphatic carbocycles. The summed E-state index contributed by atoms with van der Waals surface area (Å²) < 4.78 is 3.98. The molecule has 0 unspecified atom stereocenters. The first-order chi connectivity index (χ1) is 11.2. The van der Waals surface area contributed by atoms with Gasteiger partial charge in [0.25, 0.3) is 0 Å². The number of hydrogen-bond acceptors (Lipinski definition) is 2. The van der Waals surface area contributed by atoms with Gasteiger partial charge in [0.2, 0.25) is 0 Å². The number of fused-ring (bicyclic) bond motifs is 1. The van der Waals surface area contributed by atoms with Crippen LogP contribution in [0.25, 0.3) is 17.3 Å². The highest BCUT2D eigenvalue weighted by Crippen LogP contribution is 2.17. The predicted octanol–water partition coefficient (Wildman–Crippen LogP) is 4.43. The van der Waals surface area contributed by atoms with Gasteiger partial charge in [-0.2, -0.15) is 5.10 Å². The number of hydrogen-bond donors (Lipinski definition) is 0. The van der Waals surface area contributed by atoms with E-state index in [1.54, 1.807) is 0 Å². The third-order valence-corrected chi connectivity index (χ3v) is 3.80. The van der Waals surface area contributed by atoms with Gasteiger partial charge in [-0.1, -0.05) is 32.1 Å². The smallest absolute Gasteiger partial charge is 0.137 e. The Morgan fingerprint density at radius 1 is 1.26 bits per heavy atom. The average molecular weight is 306 g/mol. The van der Waals surface area contributed by atoms with E-state index in [-0.39, 0.29) is 0 Å². The molecule has 3 heterocycles. The SMILES string of the molecule is C=C(CCC)c1cnn(Cc2cn3cc(/C=C\C)ccc3n2)c1. The van der Waals surface area contributed by atoms with Gasteiger partial charge in [-0.25, -0.2) is 4.98 Å². The molecule has 3 rings (SSSR count). The quantitative estimate of drug-likeness (QED) is 0.675. The van der Waals surface area contributed by atoms with Crippen molar-refractivity contribution in [1.29, 1.82) is 0 Å². The van der Waals surface area contributed by atoms with Crippen LogP contribution in [0.3, 0.4) is 0 Å². The highest BCUT2D eigenvalue weighted by molar-refractivity contribution is 5.61. The van der Waals surface area contributed by atoms with Gasteiger partial charge in [-0.05, 0) is 36.6 Å². The molecule has 0 saturated carbocycles. The minimum Gasteiger partial charge on any atom is -0.306 e. The Hall–Kier alpha value is -2.62. The second kappa shape index (κ2) is 6.65. The van der Waals surface area contributed by atoms with Crippen LogP contribution in [0.5, 0.6) is 0 Å².